The molecule has 1 aromatic rings. The van der Waals surface area contributed by atoms with E-state index in [1.807, 2.05) is 0 Å². The Morgan fingerprint density at radius 2 is 2.53 bits per heavy atom. The van der Waals surface area contributed by atoms with Gasteiger partial charge in [-0.1, -0.05) is 22.9 Å². The number of halogens is 1. The highest BCUT2D eigenvalue weighted by atomic mass is 35.5. The van der Waals surface area contributed by atoms with Gasteiger partial charge < -0.3 is 15.0 Å². The molecule has 1 atom stereocenters. The van der Waals surface area contributed by atoms with Gasteiger partial charge in [0.2, 0.25) is 0 Å². The Balaban J connectivity index is 2.08. The maximum Gasteiger partial charge on any atom is 0.188 e. The Labute approximate surface area is 122 Å². The van der Waals surface area contributed by atoms with Gasteiger partial charge in [0.15, 0.2) is 10.3 Å². The number of anilines is 1. The first-order valence-electron chi connectivity index (χ1n) is 6.28. The third kappa shape index (κ3) is 3.80. The Morgan fingerprint density at radius 3 is 3.11 bits per heavy atom. The van der Waals surface area contributed by atoms with E-state index in [2.05, 4.69) is 21.3 Å². The van der Waals surface area contributed by atoms with E-state index in [1.54, 1.807) is 7.11 Å². The fraction of sp³-hybridized carbons (Fsp3) is 0.667. The fourth-order valence-electron chi connectivity index (χ4n) is 2.14. The molecular formula is C12H17ClN4OS. The van der Waals surface area contributed by atoms with Crippen molar-refractivity contribution < 1.29 is 4.74 Å². The van der Waals surface area contributed by atoms with Gasteiger partial charge in [0.1, 0.15) is 10.9 Å². The first kappa shape index (κ1) is 14.5. The van der Waals surface area contributed by atoms with Crippen molar-refractivity contribution >= 4 is 28.1 Å². The Kier molecular flexibility index (Phi) is 5.40. The number of rotatable bonds is 6. The second-order valence-electron chi connectivity index (χ2n) is 4.46. The van der Waals surface area contributed by atoms with Crippen LogP contribution < -0.4 is 10.2 Å². The molecule has 2 rings (SSSR count). The normalized spacial score (nSPS) is 18.5. The second kappa shape index (κ2) is 7.06. The van der Waals surface area contributed by atoms with Crippen molar-refractivity contribution in [2.75, 3.05) is 38.3 Å². The summed E-state index contributed by atoms with van der Waals surface area (Å²) < 4.78 is 5.14. The average Bonchev–Trinajstić information content (AvgIpc) is 3.03. The van der Waals surface area contributed by atoms with E-state index in [4.69, 9.17) is 21.6 Å². The molecular weight excluding hydrogens is 284 g/mol. The van der Waals surface area contributed by atoms with Crippen molar-refractivity contribution in [3.8, 4) is 6.07 Å². The summed E-state index contributed by atoms with van der Waals surface area (Å²) in [5.41, 5.74) is 0. The van der Waals surface area contributed by atoms with Gasteiger partial charge in [0, 0.05) is 26.2 Å². The highest BCUT2D eigenvalue weighted by molar-refractivity contribution is 7.16. The van der Waals surface area contributed by atoms with E-state index in [-0.39, 0.29) is 0 Å². The van der Waals surface area contributed by atoms with Gasteiger partial charge in [-0.05, 0) is 19.4 Å². The van der Waals surface area contributed by atoms with Crippen molar-refractivity contribution in [1.82, 2.24) is 10.3 Å². The van der Waals surface area contributed by atoms with Crippen LogP contribution in [0.2, 0.25) is 5.15 Å². The molecule has 1 unspecified atom stereocenters. The molecule has 0 amide bonds. The van der Waals surface area contributed by atoms with Crippen LogP contribution in [0.4, 0.5) is 5.13 Å². The lowest BCUT2D eigenvalue weighted by Gasteiger charge is -2.24. The monoisotopic (exact) mass is 300 g/mol. The summed E-state index contributed by atoms with van der Waals surface area (Å²) in [5, 5.41) is 13.5. The summed E-state index contributed by atoms with van der Waals surface area (Å²) in [4.78, 5) is 6.89. The average molecular weight is 301 g/mol. The van der Waals surface area contributed by atoms with Crippen molar-refractivity contribution in [3.05, 3.63) is 10.0 Å². The topological polar surface area (TPSA) is 61.2 Å². The summed E-state index contributed by atoms with van der Waals surface area (Å²) in [6, 6.07) is 2.55. The van der Waals surface area contributed by atoms with Crippen LogP contribution in [0.5, 0.6) is 0 Å². The lowest BCUT2D eigenvalue weighted by Crippen LogP contribution is -2.39. The molecule has 5 nitrogen and oxygen atoms in total. The molecule has 1 fully saturated rings. The van der Waals surface area contributed by atoms with Crippen molar-refractivity contribution in [2.45, 2.75) is 18.9 Å². The van der Waals surface area contributed by atoms with Crippen LogP contribution in [0, 0.1) is 11.3 Å². The summed E-state index contributed by atoms with van der Waals surface area (Å²) in [6.45, 7) is 3.33. The van der Waals surface area contributed by atoms with Crippen LogP contribution in [0.15, 0.2) is 0 Å². The standard InChI is InChI=1S/C12H17ClN4OS/c1-18-6-5-17(8-9-3-2-4-15-9)12-16-11(13)10(7-14)19-12/h9,15H,2-6,8H2,1H3. The van der Waals surface area contributed by atoms with Gasteiger partial charge in [-0.25, -0.2) is 4.98 Å². The third-order valence-corrected chi connectivity index (χ3v) is 4.52. The van der Waals surface area contributed by atoms with E-state index in [1.165, 1.54) is 24.2 Å². The number of ether oxygens (including phenoxy) is 1. The summed E-state index contributed by atoms with van der Waals surface area (Å²) in [7, 11) is 1.68. The van der Waals surface area contributed by atoms with Gasteiger partial charge in [0.05, 0.1) is 6.61 Å². The van der Waals surface area contributed by atoms with Crippen molar-refractivity contribution in [2.24, 2.45) is 0 Å². The lowest BCUT2D eigenvalue weighted by atomic mass is 10.2. The minimum Gasteiger partial charge on any atom is -0.383 e. The molecule has 0 spiro atoms. The minimum atomic E-state index is 0.296. The number of nitrogens with zero attached hydrogens (tertiary/aromatic N) is 3. The number of nitrogens with one attached hydrogen (secondary N) is 1. The summed E-state index contributed by atoms with van der Waals surface area (Å²) in [6.07, 6.45) is 2.39. The molecule has 0 aromatic carbocycles. The molecule has 0 bridgehead atoms. The molecule has 1 aromatic heterocycles. The summed E-state index contributed by atoms with van der Waals surface area (Å²) in [5.74, 6) is 0. The zero-order valence-corrected chi connectivity index (χ0v) is 12.4. The van der Waals surface area contributed by atoms with Gasteiger partial charge in [-0.3, -0.25) is 0 Å². The molecule has 1 aliphatic rings. The number of nitriles is 1. The van der Waals surface area contributed by atoms with E-state index in [0.29, 0.717) is 22.7 Å². The van der Waals surface area contributed by atoms with Crippen molar-refractivity contribution in [3.63, 3.8) is 0 Å². The lowest BCUT2D eigenvalue weighted by molar-refractivity contribution is 0.204. The first-order valence-corrected chi connectivity index (χ1v) is 7.47. The highest BCUT2D eigenvalue weighted by Gasteiger charge is 2.21. The number of methoxy groups -OCH3 is 1. The molecule has 104 valence electrons. The van der Waals surface area contributed by atoms with Gasteiger partial charge in [0.25, 0.3) is 0 Å². The zero-order valence-electron chi connectivity index (χ0n) is 10.9. The Bertz CT molecular complexity index is 453. The molecule has 1 N–H and O–H groups in total. The molecule has 7 heteroatoms. The zero-order chi connectivity index (χ0) is 13.7. The van der Waals surface area contributed by atoms with Crippen molar-refractivity contribution in [1.29, 1.82) is 5.26 Å². The third-order valence-electron chi connectivity index (χ3n) is 3.12. The number of aromatic nitrogens is 1. The molecule has 19 heavy (non-hydrogen) atoms. The van der Waals surface area contributed by atoms with Crippen LogP contribution >= 0.6 is 22.9 Å². The number of thiazole rings is 1. The molecule has 0 saturated carbocycles. The Hall–Kier alpha value is -0.870. The highest BCUT2D eigenvalue weighted by Crippen LogP contribution is 2.29. The SMILES string of the molecule is COCCN(CC1CCCN1)c1nc(Cl)c(C#N)s1. The largest absolute Gasteiger partial charge is 0.383 e. The number of hydrogen-bond donors (Lipinski definition) is 1. The first-order chi connectivity index (χ1) is 9.24. The van der Waals surface area contributed by atoms with Crippen LogP contribution in [0.3, 0.4) is 0 Å². The molecule has 0 aliphatic carbocycles. The van der Waals surface area contributed by atoms with E-state index in [9.17, 15) is 0 Å². The van der Waals surface area contributed by atoms with Gasteiger partial charge in [-0.2, -0.15) is 5.26 Å². The van der Waals surface area contributed by atoms with Crippen LogP contribution in [-0.4, -0.2) is 44.4 Å². The van der Waals surface area contributed by atoms with Crippen LogP contribution in [0.1, 0.15) is 17.7 Å². The van der Waals surface area contributed by atoms with E-state index in [0.717, 1.165) is 24.8 Å². The number of hydrogen-bond acceptors (Lipinski definition) is 6. The Morgan fingerprint density at radius 1 is 1.68 bits per heavy atom. The fourth-order valence-corrected chi connectivity index (χ4v) is 3.22. The van der Waals surface area contributed by atoms with E-state index >= 15 is 0 Å². The second-order valence-corrected chi connectivity index (χ2v) is 5.80. The predicted octanol–water partition coefficient (Wildman–Crippen LogP) is 1.87. The smallest absolute Gasteiger partial charge is 0.188 e. The molecule has 2 heterocycles. The van der Waals surface area contributed by atoms with Gasteiger partial charge in [-0.15, -0.1) is 0 Å². The van der Waals surface area contributed by atoms with Gasteiger partial charge >= 0.3 is 0 Å². The summed E-state index contributed by atoms with van der Waals surface area (Å²) >= 11 is 7.28. The molecule has 0 radical (unpaired) electrons. The quantitative estimate of drug-likeness (QED) is 0.869. The van der Waals surface area contributed by atoms with Crippen LogP contribution in [-0.2, 0) is 4.74 Å². The maximum atomic E-state index is 8.95. The maximum absolute atomic E-state index is 8.95. The predicted molar refractivity (Wildman–Crippen MR) is 77.0 cm³/mol. The minimum absolute atomic E-state index is 0.296. The van der Waals surface area contributed by atoms with E-state index < -0.39 is 0 Å². The molecule has 1 saturated heterocycles. The molecule has 1 aliphatic heterocycles. The van der Waals surface area contributed by atoms with Crippen LogP contribution in [0.25, 0.3) is 0 Å².